The molecule has 0 aliphatic carbocycles. The Labute approximate surface area is 134 Å². The quantitative estimate of drug-likeness (QED) is 0.622. The van der Waals surface area contributed by atoms with Crippen LogP contribution in [0.15, 0.2) is 24.3 Å². The standard InChI is InChI=1S/C15H20N4O4/c1-10(2)14-15(21)16-7-8-18(14)9-13(20)17-11-5-3-4-6-12(11)19(22)23/h3-6,10,14H,7-9H2,1-2H3,(H,16,21)(H,17,20). The van der Waals surface area contributed by atoms with Gasteiger partial charge in [-0.1, -0.05) is 26.0 Å². The first-order chi connectivity index (χ1) is 10.9. The molecule has 1 aromatic rings. The average molecular weight is 320 g/mol. The first kappa shape index (κ1) is 16.9. The topological polar surface area (TPSA) is 105 Å². The molecule has 2 rings (SSSR count). The maximum atomic E-state index is 12.2. The Bertz CT molecular complexity index is 617. The first-order valence-corrected chi connectivity index (χ1v) is 7.45. The van der Waals surface area contributed by atoms with Crippen LogP contribution in [0.2, 0.25) is 0 Å². The summed E-state index contributed by atoms with van der Waals surface area (Å²) in [6, 6.07) is 5.60. The van der Waals surface area contributed by atoms with Crippen LogP contribution in [0.1, 0.15) is 13.8 Å². The van der Waals surface area contributed by atoms with Crippen LogP contribution in [0, 0.1) is 16.0 Å². The molecule has 0 aromatic heterocycles. The number of amides is 2. The Balaban J connectivity index is 2.07. The van der Waals surface area contributed by atoms with Gasteiger partial charge in [0.2, 0.25) is 11.8 Å². The van der Waals surface area contributed by atoms with Crippen LogP contribution in [0.4, 0.5) is 11.4 Å². The van der Waals surface area contributed by atoms with Gasteiger partial charge in [0.25, 0.3) is 5.69 Å². The van der Waals surface area contributed by atoms with Gasteiger partial charge < -0.3 is 10.6 Å². The molecule has 0 saturated carbocycles. The van der Waals surface area contributed by atoms with Gasteiger partial charge >= 0.3 is 0 Å². The number of carbonyl (C=O) groups excluding carboxylic acids is 2. The van der Waals surface area contributed by atoms with Crippen molar-refractivity contribution in [2.24, 2.45) is 5.92 Å². The van der Waals surface area contributed by atoms with E-state index in [0.29, 0.717) is 13.1 Å². The number of anilines is 1. The van der Waals surface area contributed by atoms with E-state index in [-0.39, 0.29) is 41.7 Å². The molecule has 1 unspecified atom stereocenters. The highest BCUT2D eigenvalue weighted by molar-refractivity contribution is 5.95. The zero-order chi connectivity index (χ0) is 17.0. The maximum Gasteiger partial charge on any atom is 0.292 e. The van der Waals surface area contributed by atoms with Gasteiger partial charge in [0.05, 0.1) is 17.5 Å². The Hall–Kier alpha value is -2.48. The molecule has 8 nitrogen and oxygen atoms in total. The lowest BCUT2D eigenvalue weighted by molar-refractivity contribution is -0.383. The summed E-state index contributed by atoms with van der Waals surface area (Å²) in [6.45, 7) is 4.91. The molecule has 0 spiro atoms. The van der Waals surface area contributed by atoms with Crippen molar-refractivity contribution in [1.29, 1.82) is 0 Å². The molecule has 1 aliphatic heterocycles. The number of benzene rings is 1. The lowest BCUT2D eigenvalue weighted by Crippen LogP contribution is -2.58. The summed E-state index contributed by atoms with van der Waals surface area (Å²) in [4.78, 5) is 36.4. The van der Waals surface area contributed by atoms with Crippen molar-refractivity contribution >= 4 is 23.2 Å². The fourth-order valence-corrected chi connectivity index (χ4v) is 2.75. The van der Waals surface area contributed by atoms with Crippen molar-refractivity contribution in [3.8, 4) is 0 Å². The molecule has 2 N–H and O–H groups in total. The van der Waals surface area contributed by atoms with Gasteiger partial charge in [-0.05, 0) is 12.0 Å². The van der Waals surface area contributed by atoms with E-state index < -0.39 is 4.92 Å². The number of carbonyl (C=O) groups is 2. The molecule has 0 radical (unpaired) electrons. The average Bonchev–Trinajstić information content (AvgIpc) is 2.47. The molecular formula is C15H20N4O4. The summed E-state index contributed by atoms with van der Waals surface area (Å²) < 4.78 is 0. The minimum absolute atomic E-state index is 0.0162. The van der Waals surface area contributed by atoms with E-state index in [4.69, 9.17) is 0 Å². The third-order valence-electron chi connectivity index (χ3n) is 3.71. The van der Waals surface area contributed by atoms with E-state index in [0.717, 1.165) is 0 Å². The predicted octanol–water partition coefficient (Wildman–Crippen LogP) is 0.990. The minimum Gasteiger partial charge on any atom is -0.353 e. The zero-order valence-electron chi connectivity index (χ0n) is 13.1. The minimum atomic E-state index is -0.541. The third kappa shape index (κ3) is 4.04. The van der Waals surface area contributed by atoms with Crippen molar-refractivity contribution in [2.45, 2.75) is 19.9 Å². The molecule has 1 saturated heterocycles. The first-order valence-electron chi connectivity index (χ1n) is 7.45. The van der Waals surface area contributed by atoms with E-state index in [1.54, 1.807) is 11.0 Å². The van der Waals surface area contributed by atoms with Crippen LogP contribution < -0.4 is 10.6 Å². The Kier molecular flexibility index (Phi) is 5.28. The van der Waals surface area contributed by atoms with Gasteiger partial charge in [0, 0.05) is 19.2 Å². The van der Waals surface area contributed by atoms with Crippen LogP contribution in [-0.4, -0.2) is 47.3 Å². The SMILES string of the molecule is CC(C)C1C(=O)NCCN1CC(=O)Nc1ccccc1[N+](=O)[O-]. The molecule has 1 heterocycles. The number of nitrogens with one attached hydrogen (secondary N) is 2. The molecule has 2 amide bonds. The van der Waals surface area contributed by atoms with Crippen LogP contribution in [0.3, 0.4) is 0 Å². The van der Waals surface area contributed by atoms with Crippen molar-refractivity contribution in [3.05, 3.63) is 34.4 Å². The maximum absolute atomic E-state index is 12.2. The molecule has 1 aromatic carbocycles. The Morgan fingerprint density at radius 1 is 1.48 bits per heavy atom. The Morgan fingerprint density at radius 2 is 2.17 bits per heavy atom. The second kappa shape index (κ2) is 7.19. The van der Waals surface area contributed by atoms with Crippen LogP contribution in [-0.2, 0) is 9.59 Å². The molecule has 23 heavy (non-hydrogen) atoms. The summed E-state index contributed by atoms with van der Waals surface area (Å²) in [6.07, 6.45) is 0. The van der Waals surface area contributed by atoms with Gasteiger partial charge in [-0.3, -0.25) is 24.6 Å². The third-order valence-corrected chi connectivity index (χ3v) is 3.71. The highest BCUT2D eigenvalue weighted by Gasteiger charge is 2.33. The van der Waals surface area contributed by atoms with Gasteiger partial charge in [0.1, 0.15) is 5.69 Å². The summed E-state index contributed by atoms with van der Waals surface area (Å²) in [5.41, 5.74) is 0.00250. The van der Waals surface area contributed by atoms with E-state index in [9.17, 15) is 19.7 Å². The largest absolute Gasteiger partial charge is 0.353 e. The monoisotopic (exact) mass is 320 g/mol. The summed E-state index contributed by atoms with van der Waals surface area (Å²) >= 11 is 0. The van der Waals surface area contributed by atoms with Crippen LogP contribution in [0.5, 0.6) is 0 Å². The highest BCUT2D eigenvalue weighted by atomic mass is 16.6. The number of hydrogen-bond donors (Lipinski definition) is 2. The van der Waals surface area contributed by atoms with Crippen molar-refractivity contribution in [3.63, 3.8) is 0 Å². The van der Waals surface area contributed by atoms with Gasteiger partial charge in [0.15, 0.2) is 0 Å². The lowest BCUT2D eigenvalue weighted by atomic mass is 9.99. The summed E-state index contributed by atoms with van der Waals surface area (Å²) in [5.74, 6) is -0.404. The van der Waals surface area contributed by atoms with Crippen LogP contribution >= 0.6 is 0 Å². The van der Waals surface area contributed by atoms with Crippen molar-refractivity contribution in [1.82, 2.24) is 10.2 Å². The Morgan fingerprint density at radius 3 is 2.83 bits per heavy atom. The van der Waals surface area contributed by atoms with E-state index in [2.05, 4.69) is 10.6 Å². The zero-order valence-corrected chi connectivity index (χ0v) is 13.1. The second-order valence-electron chi connectivity index (χ2n) is 5.77. The number of rotatable bonds is 5. The fourth-order valence-electron chi connectivity index (χ4n) is 2.75. The molecule has 1 fully saturated rings. The van der Waals surface area contributed by atoms with Gasteiger partial charge in [-0.25, -0.2) is 0 Å². The number of nitrogens with zero attached hydrogens (tertiary/aromatic N) is 2. The highest BCUT2D eigenvalue weighted by Crippen LogP contribution is 2.23. The lowest BCUT2D eigenvalue weighted by Gasteiger charge is -2.36. The molecule has 8 heteroatoms. The predicted molar refractivity (Wildman–Crippen MR) is 84.9 cm³/mol. The number of piperazine rings is 1. The van der Waals surface area contributed by atoms with Crippen LogP contribution in [0.25, 0.3) is 0 Å². The molecule has 1 atom stereocenters. The number of para-hydroxylation sites is 2. The van der Waals surface area contributed by atoms with E-state index in [1.807, 2.05) is 13.8 Å². The fraction of sp³-hybridized carbons (Fsp3) is 0.467. The van der Waals surface area contributed by atoms with Crippen molar-refractivity contribution in [2.75, 3.05) is 25.0 Å². The number of hydrogen-bond acceptors (Lipinski definition) is 5. The molecule has 124 valence electrons. The van der Waals surface area contributed by atoms with Gasteiger partial charge in [-0.15, -0.1) is 0 Å². The van der Waals surface area contributed by atoms with E-state index >= 15 is 0 Å². The number of nitro benzene ring substituents is 1. The normalized spacial score (nSPS) is 18.6. The molecular weight excluding hydrogens is 300 g/mol. The summed E-state index contributed by atoms with van der Waals surface area (Å²) in [7, 11) is 0. The summed E-state index contributed by atoms with van der Waals surface area (Å²) in [5, 5.41) is 16.3. The molecule has 0 bridgehead atoms. The smallest absolute Gasteiger partial charge is 0.292 e. The van der Waals surface area contributed by atoms with E-state index in [1.165, 1.54) is 18.2 Å². The molecule has 1 aliphatic rings. The number of nitro groups is 1. The second-order valence-corrected chi connectivity index (χ2v) is 5.77. The van der Waals surface area contributed by atoms with Gasteiger partial charge in [-0.2, -0.15) is 0 Å². The van der Waals surface area contributed by atoms with Crippen molar-refractivity contribution < 1.29 is 14.5 Å².